The minimum atomic E-state index is -3.55. The second-order valence-corrected chi connectivity index (χ2v) is 8.65. The Morgan fingerprint density at radius 3 is 2.24 bits per heavy atom. The van der Waals surface area contributed by atoms with E-state index in [9.17, 15) is 18.0 Å². The van der Waals surface area contributed by atoms with E-state index in [1.165, 1.54) is 24.3 Å². The fourth-order valence-corrected chi connectivity index (χ4v) is 4.58. The largest absolute Gasteiger partial charge is 0.481 e. The van der Waals surface area contributed by atoms with Crippen LogP contribution in [0.15, 0.2) is 29.2 Å². The number of carboxylic acids is 1. The van der Waals surface area contributed by atoms with Gasteiger partial charge in [0, 0.05) is 11.6 Å². The molecule has 0 aromatic heterocycles. The molecule has 1 aromatic carbocycles. The van der Waals surface area contributed by atoms with Crippen LogP contribution in [0, 0.1) is 0 Å². The molecule has 0 spiro atoms. The van der Waals surface area contributed by atoms with Crippen LogP contribution in [0.4, 0.5) is 0 Å². The van der Waals surface area contributed by atoms with Crippen molar-refractivity contribution < 1.29 is 23.1 Å². The monoisotopic (exact) mass is 366 g/mol. The molecule has 1 aromatic rings. The number of carbonyl (C=O) groups is 2. The van der Waals surface area contributed by atoms with Crippen molar-refractivity contribution in [2.75, 3.05) is 0 Å². The van der Waals surface area contributed by atoms with Gasteiger partial charge in [0.25, 0.3) is 5.91 Å². The lowest BCUT2D eigenvalue weighted by molar-refractivity contribution is -0.138. The summed E-state index contributed by atoms with van der Waals surface area (Å²) >= 11 is 0. The molecule has 0 saturated heterocycles. The van der Waals surface area contributed by atoms with Crippen LogP contribution in [-0.4, -0.2) is 37.0 Å². The van der Waals surface area contributed by atoms with Gasteiger partial charge in [-0.2, -0.15) is 0 Å². The van der Waals surface area contributed by atoms with Gasteiger partial charge in [-0.15, -0.1) is 0 Å². The molecule has 0 heterocycles. The molecule has 25 heavy (non-hydrogen) atoms. The number of aliphatic carboxylic acids is 1. The maximum absolute atomic E-state index is 12.5. The highest BCUT2D eigenvalue weighted by Gasteiger charge is 2.37. The molecule has 2 fully saturated rings. The molecule has 0 unspecified atom stereocenters. The van der Waals surface area contributed by atoms with Gasteiger partial charge in [0.15, 0.2) is 0 Å². The van der Waals surface area contributed by atoms with Crippen molar-refractivity contribution in [1.82, 2.24) is 10.0 Å². The Labute approximate surface area is 146 Å². The Kier molecular flexibility index (Phi) is 4.83. The second kappa shape index (κ2) is 6.76. The number of nitrogens with one attached hydrogen (secondary N) is 2. The van der Waals surface area contributed by atoms with Gasteiger partial charge in [0.05, 0.1) is 16.9 Å². The number of sulfonamides is 1. The average molecular weight is 366 g/mol. The first kappa shape index (κ1) is 17.9. The van der Waals surface area contributed by atoms with E-state index in [-0.39, 0.29) is 23.3 Å². The van der Waals surface area contributed by atoms with Gasteiger partial charge in [-0.05, 0) is 49.9 Å². The summed E-state index contributed by atoms with van der Waals surface area (Å²) < 4.78 is 26.9. The molecule has 0 atom stereocenters. The van der Waals surface area contributed by atoms with Gasteiger partial charge >= 0.3 is 5.97 Å². The minimum Gasteiger partial charge on any atom is -0.481 e. The molecule has 0 bridgehead atoms. The van der Waals surface area contributed by atoms with Gasteiger partial charge in [-0.1, -0.05) is 12.8 Å². The Morgan fingerprint density at radius 2 is 1.72 bits per heavy atom. The first-order chi connectivity index (χ1) is 11.8. The van der Waals surface area contributed by atoms with Crippen LogP contribution in [0.2, 0.25) is 0 Å². The zero-order valence-corrected chi connectivity index (χ0v) is 14.6. The third-order valence-corrected chi connectivity index (χ3v) is 6.29. The van der Waals surface area contributed by atoms with E-state index in [1.54, 1.807) is 0 Å². The van der Waals surface area contributed by atoms with E-state index in [2.05, 4.69) is 10.0 Å². The lowest BCUT2D eigenvalue weighted by Gasteiger charge is -2.28. The molecular formula is C17H22N2O5S. The number of amides is 1. The molecule has 2 aliphatic carbocycles. The first-order valence-corrected chi connectivity index (χ1v) is 9.95. The number of hydrogen-bond donors (Lipinski definition) is 3. The summed E-state index contributed by atoms with van der Waals surface area (Å²) in [4.78, 5) is 23.7. The van der Waals surface area contributed by atoms with E-state index in [0.717, 1.165) is 25.7 Å². The summed E-state index contributed by atoms with van der Waals surface area (Å²) in [5, 5.41) is 12.0. The van der Waals surface area contributed by atoms with Crippen LogP contribution >= 0.6 is 0 Å². The van der Waals surface area contributed by atoms with E-state index in [1.807, 2.05) is 0 Å². The number of rotatable bonds is 7. The number of hydrogen-bond acceptors (Lipinski definition) is 4. The normalized spacial score (nSPS) is 19.5. The Hall–Kier alpha value is -1.93. The Morgan fingerprint density at radius 1 is 1.12 bits per heavy atom. The van der Waals surface area contributed by atoms with Crippen molar-refractivity contribution >= 4 is 21.9 Å². The summed E-state index contributed by atoms with van der Waals surface area (Å²) in [5.41, 5.74) is -0.386. The van der Waals surface area contributed by atoms with Crippen LogP contribution in [0.5, 0.6) is 0 Å². The molecule has 0 aliphatic heterocycles. The highest BCUT2D eigenvalue weighted by molar-refractivity contribution is 7.89. The minimum absolute atomic E-state index is 0.0196. The summed E-state index contributed by atoms with van der Waals surface area (Å²) in [7, 11) is -3.55. The Bertz CT molecular complexity index is 763. The maximum atomic E-state index is 12.5. The summed E-state index contributed by atoms with van der Waals surface area (Å²) in [6.45, 7) is 0. The standard InChI is InChI=1S/C17H22N2O5S/c20-15(21)11-17(9-1-2-10-17)18-16(22)12-3-7-14(8-4-12)25(23,24)19-13-5-6-13/h3-4,7-8,13,19H,1-2,5-6,9-11H2,(H,18,22)(H,20,21). The van der Waals surface area contributed by atoms with Gasteiger partial charge in [-0.25, -0.2) is 13.1 Å². The van der Waals surface area contributed by atoms with Gasteiger partial charge < -0.3 is 10.4 Å². The van der Waals surface area contributed by atoms with Crippen molar-refractivity contribution in [3.63, 3.8) is 0 Å². The van der Waals surface area contributed by atoms with Crippen molar-refractivity contribution in [1.29, 1.82) is 0 Å². The highest BCUT2D eigenvalue weighted by Crippen LogP contribution is 2.33. The molecule has 8 heteroatoms. The molecule has 3 N–H and O–H groups in total. The van der Waals surface area contributed by atoms with E-state index < -0.39 is 21.5 Å². The molecule has 1 amide bonds. The quantitative estimate of drug-likeness (QED) is 0.679. The van der Waals surface area contributed by atoms with Crippen LogP contribution in [-0.2, 0) is 14.8 Å². The van der Waals surface area contributed by atoms with Crippen molar-refractivity contribution in [3.05, 3.63) is 29.8 Å². The summed E-state index contributed by atoms with van der Waals surface area (Å²) in [6.07, 6.45) is 4.66. The van der Waals surface area contributed by atoms with E-state index in [0.29, 0.717) is 18.4 Å². The SMILES string of the molecule is O=C(O)CC1(NC(=O)c2ccc(S(=O)(=O)NC3CC3)cc2)CCCC1. The molecule has 2 aliphatic rings. The van der Waals surface area contributed by atoms with E-state index >= 15 is 0 Å². The lowest BCUT2D eigenvalue weighted by atomic mass is 9.92. The molecule has 0 radical (unpaired) electrons. The number of benzene rings is 1. The van der Waals surface area contributed by atoms with Crippen LogP contribution in [0.25, 0.3) is 0 Å². The van der Waals surface area contributed by atoms with Crippen LogP contribution in [0.1, 0.15) is 55.3 Å². The van der Waals surface area contributed by atoms with Gasteiger partial charge in [-0.3, -0.25) is 9.59 Å². The topological polar surface area (TPSA) is 113 Å². The molecule has 3 rings (SSSR count). The zero-order valence-electron chi connectivity index (χ0n) is 13.8. The number of carboxylic acid groups (broad SMARTS) is 1. The predicted molar refractivity (Wildman–Crippen MR) is 90.7 cm³/mol. The van der Waals surface area contributed by atoms with Crippen LogP contribution < -0.4 is 10.0 Å². The molecule has 136 valence electrons. The Balaban J connectivity index is 1.70. The van der Waals surface area contributed by atoms with Crippen LogP contribution in [0.3, 0.4) is 0 Å². The highest BCUT2D eigenvalue weighted by atomic mass is 32.2. The van der Waals surface area contributed by atoms with Gasteiger partial charge in [0.1, 0.15) is 0 Å². The van der Waals surface area contributed by atoms with Crippen molar-refractivity contribution in [3.8, 4) is 0 Å². The molecular weight excluding hydrogens is 344 g/mol. The molecule has 7 nitrogen and oxygen atoms in total. The van der Waals surface area contributed by atoms with Crippen molar-refractivity contribution in [2.45, 2.75) is 61.4 Å². The third-order valence-electron chi connectivity index (χ3n) is 4.75. The average Bonchev–Trinajstić information content (AvgIpc) is 3.23. The van der Waals surface area contributed by atoms with Gasteiger partial charge in [0.2, 0.25) is 10.0 Å². The summed E-state index contributed by atoms with van der Waals surface area (Å²) in [6, 6.07) is 5.74. The smallest absolute Gasteiger partial charge is 0.305 e. The third kappa shape index (κ3) is 4.38. The number of carbonyl (C=O) groups excluding carboxylic acids is 1. The summed E-state index contributed by atoms with van der Waals surface area (Å²) in [5.74, 6) is -1.31. The maximum Gasteiger partial charge on any atom is 0.305 e. The second-order valence-electron chi connectivity index (χ2n) is 6.93. The van der Waals surface area contributed by atoms with E-state index in [4.69, 9.17) is 5.11 Å². The zero-order chi connectivity index (χ0) is 18.1. The fourth-order valence-electron chi connectivity index (χ4n) is 3.27. The lowest BCUT2D eigenvalue weighted by Crippen LogP contribution is -2.47. The van der Waals surface area contributed by atoms with Crippen molar-refractivity contribution in [2.24, 2.45) is 0 Å². The molecule has 2 saturated carbocycles. The predicted octanol–water partition coefficient (Wildman–Crippen LogP) is 1.64. The first-order valence-electron chi connectivity index (χ1n) is 8.46. The fraction of sp³-hybridized carbons (Fsp3) is 0.529.